The first-order valence-electron chi connectivity index (χ1n) is 3.63. The minimum Gasteiger partial charge on any atom is -0.394 e. The maximum Gasteiger partial charge on any atom is 0.155 e. The molecule has 1 aromatic heterocycles. The van der Waals surface area contributed by atoms with Crippen LogP contribution in [0.4, 0.5) is 11.5 Å². The van der Waals surface area contributed by atoms with E-state index in [0.717, 1.165) is 12.4 Å². The van der Waals surface area contributed by atoms with Crippen molar-refractivity contribution in [3.63, 3.8) is 0 Å². The maximum absolute atomic E-state index is 5.65. The monoisotopic (exact) mass is 164 g/mol. The van der Waals surface area contributed by atoms with Gasteiger partial charge in [-0.25, -0.2) is 9.97 Å². The first-order valence-corrected chi connectivity index (χ1v) is 3.63. The fraction of sp³-hybridized carbons (Fsp3) is 0.250. The Morgan fingerprint density at radius 2 is 2.50 bits per heavy atom. The Bertz CT molecular complexity index is 272. The predicted molar refractivity (Wildman–Crippen MR) is 49.9 cm³/mol. The summed E-state index contributed by atoms with van der Waals surface area (Å²) in [6.45, 7) is 4.35. The van der Waals surface area contributed by atoms with Crippen molar-refractivity contribution >= 4 is 11.5 Å². The summed E-state index contributed by atoms with van der Waals surface area (Å²) in [6, 6.07) is 0. The molecular weight excluding hydrogens is 152 g/mol. The number of hydrogen-bond acceptors (Lipinski definition) is 4. The number of nitrogens with two attached hydrogens (primary N) is 1. The van der Waals surface area contributed by atoms with Crippen LogP contribution in [0.3, 0.4) is 0 Å². The molecule has 0 radical (unpaired) electrons. The Kier molecular flexibility index (Phi) is 2.63. The van der Waals surface area contributed by atoms with Crippen molar-refractivity contribution in [3.8, 4) is 0 Å². The summed E-state index contributed by atoms with van der Waals surface area (Å²) in [5, 5.41) is 0. The van der Waals surface area contributed by atoms with E-state index < -0.39 is 0 Å². The number of rotatable bonds is 3. The standard InChI is InChI=1S/C8H12N4/c1-3-4-12(2)8-7(9)5-10-6-11-8/h3,5-6H,1,4,9H2,2H3. The zero-order valence-corrected chi connectivity index (χ0v) is 7.07. The fourth-order valence-corrected chi connectivity index (χ4v) is 0.933. The molecule has 0 amide bonds. The van der Waals surface area contributed by atoms with E-state index in [1.165, 1.54) is 6.33 Å². The zero-order chi connectivity index (χ0) is 8.97. The van der Waals surface area contributed by atoms with E-state index in [2.05, 4.69) is 16.5 Å². The second-order valence-corrected chi connectivity index (χ2v) is 2.47. The highest BCUT2D eigenvalue weighted by atomic mass is 15.2. The summed E-state index contributed by atoms with van der Waals surface area (Å²) in [5.41, 5.74) is 6.24. The van der Waals surface area contributed by atoms with Crippen LogP contribution in [0.1, 0.15) is 0 Å². The molecule has 1 aromatic rings. The largest absolute Gasteiger partial charge is 0.394 e. The average molecular weight is 164 g/mol. The van der Waals surface area contributed by atoms with Crippen molar-refractivity contribution in [1.29, 1.82) is 0 Å². The van der Waals surface area contributed by atoms with Gasteiger partial charge in [-0.3, -0.25) is 0 Å². The molecule has 4 nitrogen and oxygen atoms in total. The molecule has 1 heterocycles. The van der Waals surface area contributed by atoms with Crippen molar-refractivity contribution in [2.45, 2.75) is 0 Å². The van der Waals surface area contributed by atoms with Crippen molar-refractivity contribution < 1.29 is 0 Å². The van der Waals surface area contributed by atoms with Crippen LogP contribution in [0, 0.1) is 0 Å². The molecule has 0 aliphatic rings. The summed E-state index contributed by atoms with van der Waals surface area (Å²) < 4.78 is 0. The molecule has 0 atom stereocenters. The number of likely N-dealkylation sites (N-methyl/N-ethyl adjacent to an activating group) is 1. The van der Waals surface area contributed by atoms with Crippen LogP contribution in [0.15, 0.2) is 25.2 Å². The minimum atomic E-state index is 0.585. The fourth-order valence-electron chi connectivity index (χ4n) is 0.933. The second kappa shape index (κ2) is 3.71. The maximum atomic E-state index is 5.65. The summed E-state index contributed by atoms with van der Waals surface area (Å²) in [5.74, 6) is 0.741. The lowest BCUT2D eigenvalue weighted by molar-refractivity contribution is 0.979. The lowest BCUT2D eigenvalue weighted by atomic mass is 10.4. The van der Waals surface area contributed by atoms with Gasteiger partial charge in [0, 0.05) is 13.6 Å². The quantitative estimate of drug-likeness (QED) is 0.667. The normalized spacial score (nSPS) is 9.42. The topological polar surface area (TPSA) is 55.0 Å². The van der Waals surface area contributed by atoms with Crippen LogP contribution >= 0.6 is 0 Å². The molecule has 1 rings (SSSR count). The van der Waals surface area contributed by atoms with Gasteiger partial charge < -0.3 is 10.6 Å². The van der Waals surface area contributed by atoms with Crippen molar-refractivity contribution in [2.24, 2.45) is 0 Å². The Labute approximate surface area is 71.7 Å². The lowest BCUT2D eigenvalue weighted by Gasteiger charge is -2.16. The molecule has 0 bridgehead atoms. The van der Waals surface area contributed by atoms with Gasteiger partial charge in [-0.15, -0.1) is 6.58 Å². The molecule has 0 aliphatic heterocycles. The third-order valence-corrected chi connectivity index (χ3v) is 1.48. The molecule has 0 saturated carbocycles. The molecule has 0 unspecified atom stereocenters. The van der Waals surface area contributed by atoms with Crippen LogP contribution in [-0.2, 0) is 0 Å². The third kappa shape index (κ3) is 1.72. The number of nitrogens with zero attached hydrogens (tertiary/aromatic N) is 3. The van der Waals surface area contributed by atoms with Gasteiger partial charge in [-0.1, -0.05) is 6.08 Å². The predicted octanol–water partition coefficient (Wildman–Crippen LogP) is 0.681. The lowest BCUT2D eigenvalue weighted by Crippen LogP contribution is -2.19. The highest BCUT2D eigenvalue weighted by molar-refractivity contribution is 5.60. The Balaban J connectivity index is 2.86. The molecule has 4 heteroatoms. The van der Waals surface area contributed by atoms with Gasteiger partial charge in [0.25, 0.3) is 0 Å². The number of aromatic nitrogens is 2. The van der Waals surface area contributed by atoms with E-state index in [4.69, 9.17) is 5.73 Å². The van der Waals surface area contributed by atoms with Gasteiger partial charge in [0.1, 0.15) is 6.33 Å². The van der Waals surface area contributed by atoms with Gasteiger partial charge >= 0.3 is 0 Å². The van der Waals surface area contributed by atoms with E-state index in [1.807, 2.05) is 11.9 Å². The first kappa shape index (κ1) is 8.52. The highest BCUT2D eigenvalue weighted by Crippen LogP contribution is 2.15. The average Bonchev–Trinajstić information content (AvgIpc) is 2.05. The van der Waals surface area contributed by atoms with E-state index in [0.29, 0.717) is 5.69 Å². The summed E-state index contributed by atoms with van der Waals surface area (Å²) in [4.78, 5) is 9.74. The van der Waals surface area contributed by atoms with E-state index in [1.54, 1.807) is 12.3 Å². The van der Waals surface area contributed by atoms with E-state index in [9.17, 15) is 0 Å². The first-order chi connectivity index (χ1) is 5.75. The summed E-state index contributed by atoms with van der Waals surface area (Å²) >= 11 is 0. The molecular formula is C8H12N4. The van der Waals surface area contributed by atoms with Gasteiger partial charge in [-0.2, -0.15) is 0 Å². The van der Waals surface area contributed by atoms with Crippen molar-refractivity contribution in [1.82, 2.24) is 9.97 Å². The van der Waals surface area contributed by atoms with Crippen LogP contribution in [0.25, 0.3) is 0 Å². The van der Waals surface area contributed by atoms with E-state index in [-0.39, 0.29) is 0 Å². The van der Waals surface area contributed by atoms with Gasteiger partial charge in [0.15, 0.2) is 5.82 Å². The Morgan fingerprint density at radius 3 is 3.08 bits per heavy atom. The highest BCUT2D eigenvalue weighted by Gasteiger charge is 2.03. The molecule has 12 heavy (non-hydrogen) atoms. The summed E-state index contributed by atoms with van der Waals surface area (Å²) in [6.07, 6.45) is 4.86. The molecule has 2 N–H and O–H groups in total. The third-order valence-electron chi connectivity index (χ3n) is 1.48. The van der Waals surface area contributed by atoms with Crippen LogP contribution < -0.4 is 10.6 Å². The van der Waals surface area contributed by atoms with Crippen LogP contribution in [-0.4, -0.2) is 23.6 Å². The molecule has 64 valence electrons. The Hall–Kier alpha value is -1.58. The number of hydrogen-bond donors (Lipinski definition) is 1. The van der Waals surface area contributed by atoms with Gasteiger partial charge in [-0.05, 0) is 0 Å². The smallest absolute Gasteiger partial charge is 0.155 e. The van der Waals surface area contributed by atoms with Crippen LogP contribution in [0.5, 0.6) is 0 Å². The number of anilines is 2. The minimum absolute atomic E-state index is 0.585. The van der Waals surface area contributed by atoms with Gasteiger partial charge in [0.05, 0.1) is 11.9 Å². The Morgan fingerprint density at radius 1 is 1.75 bits per heavy atom. The second-order valence-electron chi connectivity index (χ2n) is 2.47. The van der Waals surface area contributed by atoms with Crippen LogP contribution in [0.2, 0.25) is 0 Å². The van der Waals surface area contributed by atoms with E-state index >= 15 is 0 Å². The summed E-state index contributed by atoms with van der Waals surface area (Å²) in [7, 11) is 1.90. The van der Waals surface area contributed by atoms with Crippen molar-refractivity contribution in [2.75, 3.05) is 24.2 Å². The number of nitrogen functional groups attached to an aromatic ring is 1. The molecule has 0 spiro atoms. The zero-order valence-electron chi connectivity index (χ0n) is 7.07. The molecule has 0 aliphatic carbocycles. The molecule has 0 fully saturated rings. The van der Waals surface area contributed by atoms with Crippen molar-refractivity contribution in [3.05, 3.63) is 25.2 Å². The molecule has 0 saturated heterocycles. The molecule has 0 aromatic carbocycles. The van der Waals surface area contributed by atoms with Gasteiger partial charge in [0.2, 0.25) is 0 Å². The SMILES string of the molecule is C=CCN(C)c1ncncc1N.